The quantitative estimate of drug-likeness (QED) is 0.134. The first-order chi connectivity index (χ1) is 32.3. The number of piperidine rings is 1. The van der Waals surface area contributed by atoms with Gasteiger partial charge in [0.2, 0.25) is 5.79 Å². The monoisotopic (exact) mass is 958 g/mol. The summed E-state index contributed by atoms with van der Waals surface area (Å²) in [5.74, 6) is -7.96. The zero-order chi connectivity index (χ0) is 50.3. The van der Waals surface area contributed by atoms with E-state index >= 15 is 0 Å². The number of Topliss-reactive ketones (excluding diaryl/α,β-unsaturated/α-hetero) is 3. The van der Waals surface area contributed by atoms with Gasteiger partial charge >= 0.3 is 5.97 Å². The molecular weight excluding hydrogens is 875 g/mol. The Morgan fingerprint density at radius 1 is 0.853 bits per heavy atom. The lowest BCUT2D eigenvalue weighted by Crippen LogP contribution is -2.61. The second kappa shape index (κ2) is 27.3. The van der Waals surface area contributed by atoms with E-state index in [-0.39, 0.29) is 74.1 Å². The molecule has 3 N–H and O–H groups in total. The van der Waals surface area contributed by atoms with Crippen LogP contribution in [0.3, 0.4) is 0 Å². The number of esters is 1. The molecule has 1 aliphatic carbocycles. The fraction of sp³-hybridized carbons (Fsp3) is 0.755. The first kappa shape index (κ1) is 57.2. The Morgan fingerprint density at radius 2 is 1.59 bits per heavy atom. The molecule has 4 rings (SSSR count). The minimum Gasteiger partial charge on any atom is -0.460 e. The van der Waals surface area contributed by atoms with Crippen LogP contribution in [0.2, 0.25) is 0 Å². The van der Waals surface area contributed by atoms with Crippen LogP contribution in [0.1, 0.15) is 126 Å². The zero-order valence-corrected chi connectivity index (χ0v) is 42.4. The van der Waals surface area contributed by atoms with Crippen molar-refractivity contribution in [2.45, 2.75) is 180 Å². The molecule has 1 saturated carbocycles. The minimum atomic E-state index is -2.43. The van der Waals surface area contributed by atoms with Gasteiger partial charge in [-0.05, 0) is 107 Å². The number of aliphatic hydroxyl groups is 3. The van der Waals surface area contributed by atoms with Gasteiger partial charge in [0.25, 0.3) is 11.7 Å². The lowest BCUT2D eigenvalue weighted by molar-refractivity contribution is -0.265. The largest absolute Gasteiger partial charge is 0.460 e. The van der Waals surface area contributed by atoms with Gasteiger partial charge in [0.1, 0.15) is 30.1 Å². The third-order valence-electron chi connectivity index (χ3n) is 14.9. The van der Waals surface area contributed by atoms with Crippen molar-refractivity contribution in [3.8, 4) is 0 Å². The van der Waals surface area contributed by atoms with Gasteiger partial charge in [-0.2, -0.15) is 0 Å². The third kappa shape index (κ3) is 15.3. The summed E-state index contributed by atoms with van der Waals surface area (Å²) in [6, 6.07) is -1.14. The number of cyclic esters (lactones) is 1. The number of rotatable bonds is 9. The number of carbonyl (C=O) groups excluding carboxylic acids is 5. The molecule has 3 aliphatic heterocycles. The first-order valence-electron chi connectivity index (χ1n) is 25.0. The molecule has 4 aliphatic rings. The smallest absolute Gasteiger partial charge is 0.329 e. The maximum absolute atomic E-state index is 14.5. The predicted molar refractivity (Wildman–Crippen MR) is 256 cm³/mol. The van der Waals surface area contributed by atoms with E-state index in [2.05, 4.69) is 0 Å². The van der Waals surface area contributed by atoms with E-state index in [1.165, 1.54) is 12.0 Å². The average Bonchev–Trinajstić information content (AvgIpc) is 3.32. The lowest BCUT2D eigenvalue weighted by atomic mass is 9.78. The number of ketones is 3. The molecule has 384 valence electrons. The van der Waals surface area contributed by atoms with Crippen LogP contribution in [0.5, 0.6) is 0 Å². The molecule has 15 nitrogen and oxygen atoms in total. The van der Waals surface area contributed by atoms with Gasteiger partial charge in [-0.25, -0.2) is 4.79 Å². The number of nitrogens with zero attached hydrogens (tertiary/aromatic N) is 1. The number of ether oxygens (including phenoxy) is 6. The van der Waals surface area contributed by atoms with Gasteiger partial charge in [0.15, 0.2) is 5.78 Å². The summed E-state index contributed by atoms with van der Waals surface area (Å²) >= 11 is 0. The van der Waals surface area contributed by atoms with Gasteiger partial charge in [0.05, 0.1) is 37.6 Å². The van der Waals surface area contributed by atoms with Crippen molar-refractivity contribution in [1.29, 1.82) is 0 Å². The van der Waals surface area contributed by atoms with Crippen molar-refractivity contribution in [2.24, 2.45) is 35.5 Å². The van der Waals surface area contributed by atoms with E-state index in [0.717, 1.165) is 12.0 Å². The van der Waals surface area contributed by atoms with Crippen molar-refractivity contribution < 1.29 is 67.7 Å². The van der Waals surface area contributed by atoms with Crippen molar-refractivity contribution in [3.05, 3.63) is 47.6 Å². The Balaban J connectivity index is 1.70. The number of hydrogen-bond acceptors (Lipinski definition) is 14. The highest BCUT2D eigenvalue weighted by Gasteiger charge is 2.53. The van der Waals surface area contributed by atoms with Crippen LogP contribution in [0.15, 0.2) is 47.6 Å². The van der Waals surface area contributed by atoms with Gasteiger partial charge in [-0.15, -0.1) is 0 Å². The highest BCUT2D eigenvalue weighted by molar-refractivity contribution is 6.39. The Hall–Kier alpha value is -3.41. The van der Waals surface area contributed by atoms with Crippen molar-refractivity contribution in [1.82, 2.24) is 4.90 Å². The predicted octanol–water partition coefficient (Wildman–Crippen LogP) is 6.20. The second-order valence-electron chi connectivity index (χ2n) is 20.2. The van der Waals surface area contributed by atoms with Crippen LogP contribution >= 0.6 is 0 Å². The van der Waals surface area contributed by atoms with Crippen LogP contribution in [-0.4, -0.2) is 145 Å². The molecule has 0 spiro atoms. The Labute approximate surface area is 405 Å². The highest BCUT2D eigenvalue weighted by atomic mass is 16.6. The molecule has 0 aromatic heterocycles. The molecule has 1 amide bonds. The van der Waals surface area contributed by atoms with E-state index in [9.17, 15) is 39.3 Å². The first-order valence-corrected chi connectivity index (χ1v) is 25.0. The summed E-state index contributed by atoms with van der Waals surface area (Å²) in [5.41, 5.74) is 1.26. The van der Waals surface area contributed by atoms with Crippen LogP contribution in [-0.2, 0) is 52.4 Å². The molecular formula is C53H83NO14. The van der Waals surface area contributed by atoms with E-state index in [1.807, 2.05) is 58.1 Å². The van der Waals surface area contributed by atoms with E-state index in [0.29, 0.717) is 63.4 Å². The number of aliphatic hydroxyl groups excluding tert-OH is 2. The summed E-state index contributed by atoms with van der Waals surface area (Å²) in [6.07, 6.45) is 12.0. The second-order valence-corrected chi connectivity index (χ2v) is 20.2. The summed E-state index contributed by atoms with van der Waals surface area (Å²) in [5, 5.41) is 32.8. The summed E-state index contributed by atoms with van der Waals surface area (Å²) in [7, 11) is 4.58. The Kier molecular flexibility index (Phi) is 22.9. The van der Waals surface area contributed by atoms with Crippen molar-refractivity contribution in [2.75, 3.05) is 41.1 Å². The van der Waals surface area contributed by atoms with Gasteiger partial charge in [-0.3, -0.25) is 19.2 Å². The normalized spacial score (nSPS) is 39.2. The van der Waals surface area contributed by atoms with Crippen LogP contribution in [0.25, 0.3) is 0 Å². The number of methoxy groups -OCH3 is 3. The molecule has 0 radical (unpaired) electrons. The standard InChI is InChI=1S/C53H83NO14/c1-32-16-12-11-13-17-33(2)44(63-8)30-40-21-19-38(7)53(62,68-40)50(59)51(60)54-23-15-14-18-41(54)52(61)67-45(35(4)28-39-20-22-43(66-25-24-55)46(29-39)64-9)31-42(56)34(3)27-37(6)48(58)49(65-10)47(57)36(5)26-32/h11-13,16-17,27,32,34-36,38-41,43-46,48-49,55,58,62H,14-15,18-26,28-31H2,1-10H3/b13-11+,16-12+,33-17+,37-27+/t32?,34?,35-,36+,38+,39-,40?,41-,43+,44-,45-,46+,48+,49-,53+/m0/s1. The third-order valence-corrected chi connectivity index (χ3v) is 14.9. The molecule has 3 heterocycles. The topological polar surface area (TPSA) is 205 Å². The number of allylic oxidation sites excluding steroid dienone is 6. The van der Waals surface area contributed by atoms with E-state index in [1.54, 1.807) is 41.1 Å². The molecule has 3 unspecified atom stereocenters. The molecule has 15 heteroatoms. The van der Waals surface area contributed by atoms with Gasteiger partial charge in [-0.1, -0.05) is 71.1 Å². The molecule has 0 aromatic rings. The molecule has 2 saturated heterocycles. The van der Waals surface area contributed by atoms with Crippen molar-refractivity contribution in [3.63, 3.8) is 0 Å². The van der Waals surface area contributed by atoms with Crippen LogP contribution < -0.4 is 0 Å². The minimum absolute atomic E-state index is 0.0158. The average molecular weight is 958 g/mol. The maximum Gasteiger partial charge on any atom is 0.329 e. The van der Waals surface area contributed by atoms with E-state index in [4.69, 9.17) is 28.4 Å². The molecule has 3 fully saturated rings. The number of carbonyl (C=O) groups is 5. The zero-order valence-electron chi connectivity index (χ0n) is 42.4. The van der Waals surface area contributed by atoms with Crippen molar-refractivity contribution >= 4 is 29.2 Å². The number of amides is 1. The summed E-state index contributed by atoms with van der Waals surface area (Å²) in [4.78, 5) is 72.1. The maximum atomic E-state index is 14.5. The molecule has 0 aromatic carbocycles. The van der Waals surface area contributed by atoms with E-state index < -0.39 is 77.8 Å². The highest BCUT2D eigenvalue weighted by Crippen LogP contribution is 2.38. The van der Waals surface area contributed by atoms with Gasteiger partial charge in [0, 0.05) is 58.5 Å². The van der Waals surface area contributed by atoms with Crippen LogP contribution in [0.4, 0.5) is 0 Å². The van der Waals surface area contributed by atoms with Crippen LogP contribution in [0, 0.1) is 35.5 Å². The Bertz CT molecular complexity index is 1810. The molecule has 68 heavy (non-hydrogen) atoms. The SMILES string of the molecule is CO[C@H]1CC2CC[C@@H](C)[C@@](O)(O2)C(=O)C(=O)N2CCCC[C@H]2C(=O)O[C@H]([C@@H](C)C[C@@H]2CC[C@@H](OCCO)[C@H](OC)C2)CC(=O)C(C)/C=C(\C)[C@@H](O)[C@@H](OC)C(=O)[C@H](C)CC(C)/C=C/C=C/C=C/1C. The Morgan fingerprint density at radius 3 is 2.26 bits per heavy atom. The fourth-order valence-corrected chi connectivity index (χ4v) is 10.5. The summed E-state index contributed by atoms with van der Waals surface area (Å²) < 4.78 is 35.6. The fourth-order valence-electron chi connectivity index (χ4n) is 10.5. The number of hydrogen-bond donors (Lipinski definition) is 3. The number of fused-ring (bicyclic) bond motifs is 3. The molecule has 15 atom stereocenters. The molecule has 2 bridgehead atoms. The summed E-state index contributed by atoms with van der Waals surface area (Å²) in [6.45, 7) is 12.9. The lowest BCUT2D eigenvalue weighted by Gasteiger charge is -2.42. The van der Waals surface area contributed by atoms with Gasteiger partial charge < -0.3 is 48.6 Å².